The molecule has 1 spiro atoms. The minimum atomic E-state index is -3.37. The van der Waals surface area contributed by atoms with Gasteiger partial charge in [-0.05, 0) is 37.0 Å². The molecule has 0 radical (unpaired) electrons. The van der Waals surface area contributed by atoms with Gasteiger partial charge < -0.3 is 4.74 Å². The first-order valence-corrected chi connectivity index (χ1v) is 10.4. The lowest BCUT2D eigenvalue weighted by molar-refractivity contribution is 0.0162. The molecular weight excluding hydrogens is 318 g/mol. The lowest BCUT2D eigenvalue weighted by Gasteiger charge is -2.37. The maximum atomic E-state index is 12.7. The van der Waals surface area contributed by atoms with Crippen LogP contribution in [0.5, 0.6) is 0 Å². The Kier molecular flexibility index (Phi) is 4.83. The fraction of sp³-hybridized carbons (Fsp3) is 0.625. The second-order valence-corrected chi connectivity index (χ2v) is 9.28. The third-order valence-electron chi connectivity index (χ3n) is 4.40. The predicted octanol–water partition coefficient (Wildman–Crippen LogP) is 2.88. The number of ether oxygens (including phenoxy) is 1. The molecule has 1 aromatic carbocycles. The number of hydrogen-bond donors (Lipinski definition) is 0. The van der Waals surface area contributed by atoms with Crippen LogP contribution in [-0.2, 0) is 21.2 Å². The fourth-order valence-corrected chi connectivity index (χ4v) is 5.74. The van der Waals surface area contributed by atoms with Crippen molar-refractivity contribution < 1.29 is 13.2 Å². The molecule has 2 fully saturated rings. The molecule has 122 valence electrons. The number of sulfonamides is 1. The molecule has 0 aromatic heterocycles. The average molecular weight is 341 g/mol. The van der Waals surface area contributed by atoms with Gasteiger partial charge in [0.1, 0.15) is 4.93 Å². The molecule has 6 heteroatoms. The zero-order valence-corrected chi connectivity index (χ0v) is 14.6. The molecule has 0 unspecified atom stereocenters. The minimum Gasteiger partial charge on any atom is -0.363 e. The van der Waals surface area contributed by atoms with E-state index < -0.39 is 10.0 Å². The van der Waals surface area contributed by atoms with E-state index in [1.165, 1.54) is 5.56 Å². The van der Waals surface area contributed by atoms with Crippen molar-refractivity contribution in [1.29, 1.82) is 0 Å². The van der Waals surface area contributed by atoms with Gasteiger partial charge in [-0.1, -0.05) is 25.5 Å². The molecule has 2 saturated heterocycles. The van der Waals surface area contributed by atoms with E-state index >= 15 is 0 Å². The third kappa shape index (κ3) is 3.20. The Morgan fingerprint density at radius 1 is 1.23 bits per heavy atom. The summed E-state index contributed by atoms with van der Waals surface area (Å²) in [6.07, 6.45) is 3.62. The molecule has 0 saturated carbocycles. The lowest BCUT2D eigenvalue weighted by Crippen LogP contribution is -2.44. The van der Waals surface area contributed by atoms with Crippen molar-refractivity contribution in [2.75, 3.05) is 25.4 Å². The van der Waals surface area contributed by atoms with Crippen molar-refractivity contribution in [3.8, 4) is 0 Å². The quantitative estimate of drug-likeness (QED) is 0.845. The normalized spacial score (nSPS) is 22.2. The van der Waals surface area contributed by atoms with Gasteiger partial charge in [-0.2, -0.15) is 4.31 Å². The molecule has 4 nitrogen and oxygen atoms in total. The average Bonchev–Trinajstić information content (AvgIpc) is 2.97. The molecule has 2 heterocycles. The Hall–Kier alpha value is -0.560. The van der Waals surface area contributed by atoms with Crippen molar-refractivity contribution in [2.24, 2.45) is 0 Å². The smallest absolute Gasteiger partial charge is 0.243 e. The molecule has 22 heavy (non-hydrogen) atoms. The van der Waals surface area contributed by atoms with Gasteiger partial charge in [0.15, 0.2) is 0 Å². The Labute approximate surface area is 137 Å². The Balaban J connectivity index is 1.70. The van der Waals surface area contributed by atoms with Crippen molar-refractivity contribution >= 4 is 21.8 Å². The number of rotatable bonds is 4. The first-order valence-electron chi connectivity index (χ1n) is 7.93. The van der Waals surface area contributed by atoms with Crippen LogP contribution in [-0.4, -0.2) is 43.1 Å². The Morgan fingerprint density at radius 3 is 2.45 bits per heavy atom. The number of nitrogens with zero attached hydrogens (tertiary/aromatic N) is 1. The van der Waals surface area contributed by atoms with E-state index in [1.54, 1.807) is 16.4 Å². The van der Waals surface area contributed by atoms with Crippen LogP contribution in [0.25, 0.3) is 0 Å². The number of aryl methyl sites for hydroxylation is 1. The molecule has 2 aliphatic heterocycles. The van der Waals surface area contributed by atoms with Crippen LogP contribution >= 0.6 is 11.8 Å². The highest BCUT2D eigenvalue weighted by Crippen LogP contribution is 2.42. The van der Waals surface area contributed by atoms with Crippen LogP contribution in [0.15, 0.2) is 29.2 Å². The maximum absolute atomic E-state index is 12.7. The van der Waals surface area contributed by atoms with Gasteiger partial charge in [0.25, 0.3) is 0 Å². The van der Waals surface area contributed by atoms with Crippen LogP contribution < -0.4 is 0 Å². The molecular formula is C16H23NO3S2. The molecule has 0 amide bonds. The van der Waals surface area contributed by atoms with Crippen LogP contribution in [0.2, 0.25) is 0 Å². The summed E-state index contributed by atoms with van der Waals surface area (Å²) in [7, 11) is -3.37. The summed E-state index contributed by atoms with van der Waals surface area (Å²) < 4.78 is 32.9. The van der Waals surface area contributed by atoms with Crippen molar-refractivity contribution in [3.05, 3.63) is 29.8 Å². The van der Waals surface area contributed by atoms with Gasteiger partial charge in [-0.25, -0.2) is 8.42 Å². The number of hydrogen-bond acceptors (Lipinski definition) is 4. The monoisotopic (exact) mass is 341 g/mol. The van der Waals surface area contributed by atoms with Gasteiger partial charge in [0.05, 0.1) is 11.5 Å². The lowest BCUT2D eigenvalue weighted by atomic mass is 10.1. The SMILES string of the molecule is CCCc1ccc(S(=O)(=O)N2CCC3(CC2)OCCS3)cc1. The summed E-state index contributed by atoms with van der Waals surface area (Å²) in [4.78, 5) is 0.278. The van der Waals surface area contributed by atoms with E-state index in [4.69, 9.17) is 4.74 Å². The number of thioether (sulfide) groups is 1. The highest BCUT2D eigenvalue weighted by molar-refractivity contribution is 8.00. The molecule has 0 aliphatic carbocycles. The highest BCUT2D eigenvalue weighted by atomic mass is 32.2. The molecule has 2 aliphatic rings. The largest absolute Gasteiger partial charge is 0.363 e. The molecule has 0 bridgehead atoms. The molecule has 0 atom stereocenters. The predicted molar refractivity (Wildman–Crippen MR) is 89.6 cm³/mol. The van der Waals surface area contributed by atoms with Crippen LogP contribution in [0.4, 0.5) is 0 Å². The number of piperidine rings is 1. The molecule has 0 N–H and O–H groups in total. The Morgan fingerprint density at radius 2 is 1.91 bits per heavy atom. The van der Waals surface area contributed by atoms with E-state index in [0.717, 1.165) is 38.0 Å². The van der Waals surface area contributed by atoms with Crippen molar-refractivity contribution in [1.82, 2.24) is 4.31 Å². The second-order valence-electron chi connectivity index (χ2n) is 5.91. The molecule has 1 aromatic rings. The minimum absolute atomic E-state index is 0.128. The summed E-state index contributed by atoms with van der Waals surface area (Å²) in [6, 6.07) is 7.34. The maximum Gasteiger partial charge on any atom is 0.243 e. The number of benzene rings is 1. The summed E-state index contributed by atoms with van der Waals surface area (Å²) in [5.41, 5.74) is 1.19. The second kappa shape index (κ2) is 6.51. The zero-order chi connectivity index (χ0) is 15.6. The van der Waals surface area contributed by atoms with Gasteiger partial charge in [-0.15, -0.1) is 11.8 Å². The fourth-order valence-electron chi connectivity index (χ4n) is 3.12. The Bertz CT molecular complexity index is 597. The standard InChI is InChI=1S/C16H23NO3S2/c1-2-3-14-4-6-15(7-5-14)22(18,19)17-10-8-16(9-11-17)20-12-13-21-16/h4-7H,2-3,8-13H2,1H3. The topological polar surface area (TPSA) is 46.6 Å². The van der Waals surface area contributed by atoms with E-state index in [2.05, 4.69) is 6.92 Å². The van der Waals surface area contributed by atoms with E-state index in [0.29, 0.717) is 18.0 Å². The van der Waals surface area contributed by atoms with Gasteiger partial charge in [0, 0.05) is 18.8 Å². The zero-order valence-electron chi connectivity index (χ0n) is 13.0. The van der Waals surface area contributed by atoms with E-state index in [1.807, 2.05) is 23.9 Å². The van der Waals surface area contributed by atoms with Crippen LogP contribution in [0.3, 0.4) is 0 Å². The van der Waals surface area contributed by atoms with Gasteiger partial charge >= 0.3 is 0 Å². The third-order valence-corrected chi connectivity index (χ3v) is 7.73. The van der Waals surface area contributed by atoms with Crippen LogP contribution in [0.1, 0.15) is 31.7 Å². The van der Waals surface area contributed by atoms with Gasteiger partial charge in [-0.3, -0.25) is 0 Å². The summed E-state index contributed by atoms with van der Waals surface area (Å²) >= 11 is 1.84. The summed E-state index contributed by atoms with van der Waals surface area (Å²) in [5, 5.41) is 0. The summed E-state index contributed by atoms with van der Waals surface area (Å²) in [6.45, 7) is 4.01. The van der Waals surface area contributed by atoms with E-state index in [-0.39, 0.29) is 4.93 Å². The van der Waals surface area contributed by atoms with Crippen molar-refractivity contribution in [2.45, 2.75) is 42.4 Å². The highest BCUT2D eigenvalue weighted by Gasteiger charge is 2.42. The van der Waals surface area contributed by atoms with Gasteiger partial charge in [0.2, 0.25) is 10.0 Å². The summed E-state index contributed by atoms with van der Waals surface area (Å²) in [5.74, 6) is 1.02. The van der Waals surface area contributed by atoms with Crippen LogP contribution in [0, 0.1) is 0 Å². The molecule has 3 rings (SSSR count). The van der Waals surface area contributed by atoms with E-state index in [9.17, 15) is 8.42 Å². The first-order chi connectivity index (χ1) is 10.6. The first kappa shape index (κ1) is 16.3. The van der Waals surface area contributed by atoms with Crippen molar-refractivity contribution in [3.63, 3.8) is 0 Å².